The van der Waals surface area contributed by atoms with E-state index in [2.05, 4.69) is 4.90 Å². The topological polar surface area (TPSA) is 72.2 Å². The van der Waals surface area contributed by atoms with Crippen LogP contribution in [0.2, 0.25) is 0 Å². The van der Waals surface area contributed by atoms with Crippen LogP contribution in [0, 0.1) is 5.82 Å². The Kier molecular flexibility index (Phi) is 5.86. The average molecular weight is 452 g/mol. The van der Waals surface area contributed by atoms with Gasteiger partial charge in [0.1, 0.15) is 17.1 Å². The van der Waals surface area contributed by atoms with Gasteiger partial charge in [0.15, 0.2) is 5.43 Å². The van der Waals surface area contributed by atoms with Gasteiger partial charge in [-0.2, -0.15) is 0 Å². The van der Waals surface area contributed by atoms with Crippen LogP contribution < -0.4 is 10.2 Å². The third-order valence-electron chi connectivity index (χ3n) is 6.34. The molecule has 0 radical (unpaired) electrons. The smallest absolute Gasteiger partial charge is 0.290 e. The van der Waals surface area contributed by atoms with Gasteiger partial charge in [0, 0.05) is 32.2 Å². The molecule has 0 aliphatic carbocycles. The SMILES string of the molecule is COc1ccc2c(=O)c3c(oc2c1)C(=O)N(CCCN1CCOCC1)C3c1ccc(F)cc1. The minimum absolute atomic E-state index is 0.0430. The van der Waals surface area contributed by atoms with Crippen molar-refractivity contribution in [3.05, 3.63) is 75.4 Å². The number of methoxy groups -OCH3 is 1. The number of morpholine rings is 1. The minimum Gasteiger partial charge on any atom is -0.497 e. The predicted molar refractivity (Wildman–Crippen MR) is 120 cm³/mol. The third kappa shape index (κ3) is 4.00. The molecule has 1 saturated heterocycles. The fourth-order valence-electron chi connectivity index (χ4n) is 4.64. The number of ether oxygens (including phenoxy) is 2. The van der Waals surface area contributed by atoms with E-state index in [0.29, 0.717) is 47.6 Å². The van der Waals surface area contributed by atoms with Crippen LogP contribution in [-0.4, -0.2) is 62.2 Å². The lowest BCUT2D eigenvalue weighted by molar-refractivity contribution is 0.0353. The average Bonchev–Trinajstić information content (AvgIpc) is 3.12. The van der Waals surface area contributed by atoms with Gasteiger partial charge < -0.3 is 18.8 Å². The molecule has 0 saturated carbocycles. The van der Waals surface area contributed by atoms with Crippen molar-refractivity contribution >= 4 is 16.9 Å². The Balaban J connectivity index is 1.53. The van der Waals surface area contributed by atoms with Crippen LogP contribution >= 0.6 is 0 Å². The molecule has 1 aromatic heterocycles. The van der Waals surface area contributed by atoms with Crippen molar-refractivity contribution in [3.8, 4) is 5.75 Å². The molecular weight excluding hydrogens is 427 g/mol. The van der Waals surface area contributed by atoms with E-state index in [1.165, 1.54) is 19.2 Å². The van der Waals surface area contributed by atoms with Gasteiger partial charge >= 0.3 is 0 Å². The van der Waals surface area contributed by atoms with Crippen LogP contribution in [-0.2, 0) is 4.74 Å². The van der Waals surface area contributed by atoms with Crippen LogP contribution in [0.1, 0.15) is 34.1 Å². The maximum Gasteiger partial charge on any atom is 0.290 e. The Hall–Kier alpha value is -3.23. The summed E-state index contributed by atoms with van der Waals surface area (Å²) >= 11 is 0. The van der Waals surface area contributed by atoms with Crippen molar-refractivity contribution in [2.45, 2.75) is 12.5 Å². The molecule has 1 unspecified atom stereocenters. The molecule has 1 atom stereocenters. The zero-order chi connectivity index (χ0) is 22.9. The van der Waals surface area contributed by atoms with Gasteiger partial charge in [0.2, 0.25) is 5.76 Å². The molecule has 5 rings (SSSR count). The van der Waals surface area contributed by atoms with Gasteiger partial charge in [-0.1, -0.05) is 12.1 Å². The van der Waals surface area contributed by atoms with Crippen LogP contribution in [0.4, 0.5) is 4.39 Å². The highest BCUT2D eigenvalue weighted by molar-refractivity contribution is 5.99. The highest BCUT2D eigenvalue weighted by Crippen LogP contribution is 2.38. The second-order valence-electron chi connectivity index (χ2n) is 8.30. The van der Waals surface area contributed by atoms with Crippen molar-refractivity contribution in [1.29, 1.82) is 0 Å². The van der Waals surface area contributed by atoms with Crippen LogP contribution in [0.5, 0.6) is 5.75 Å². The summed E-state index contributed by atoms with van der Waals surface area (Å²) in [6, 6.07) is 10.3. The number of hydrogen-bond donors (Lipinski definition) is 0. The summed E-state index contributed by atoms with van der Waals surface area (Å²) in [5.41, 5.74) is 1.03. The molecule has 33 heavy (non-hydrogen) atoms. The van der Waals surface area contributed by atoms with E-state index in [0.717, 1.165) is 26.1 Å². The zero-order valence-electron chi connectivity index (χ0n) is 18.4. The number of carbonyl (C=O) groups excluding carboxylic acids is 1. The molecule has 3 heterocycles. The normalized spacial score (nSPS) is 18.7. The lowest BCUT2D eigenvalue weighted by atomic mass is 9.98. The first kappa shape index (κ1) is 21.6. The quantitative estimate of drug-likeness (QED) is 0.572. The molecule has 2 aliphatic rings. The number of carbonyl (C=O) groups is 1. The van der Waals surface area contributed by atoms with E-state index in [1.54, 1.807) is 35.2 Å². The Morgan fingerprint density at radius 2 is 1.82 bits per heavy atom. The van der Waals surface area contributed by atoms with E-state index in [-0.39, 0.29) is 22.9 Å². The van der Waals surface area contributed by atoms with Gasteiger partial charge in [-0.15, -0.1) is 0 Å². The number of benzene rings is 2. The van der Waals surface area contributed by atoms with E-state index in [4.69, 9.17) is 13.9 Å². The number of nitrogens with zero attached hydrogens (tertiary/aromatic N) is 2. The fourth-order valence-corrected chi connectivity index (χ4v) is 4.64. The maximum atomic E-state index is 13.6. The molecule has 3 aromatic rings. The number of rotatable bonds is 6. The Bertz CT molecular complexity index is 1230. The minimum atomic E-state index is -0.624. The van der Waals surface area contributed by atoms with E-state index in [9.17, 15) is 14.0 Å². The molecule has 8 heteroatoms. The van der Waals surface area contributed by atoms with Crippen LogP contribution in [0.15, 0.2) is 51.7 Å². The highest BCUT2D eigenvalue weighted by atomic mass is 19.1. The molecule has 2 aliphatic heterocycles. The van der Waals surface area contributed by atoms with Gasteiger partial charge in [-0.05, 0) is 36.2 Å². The van der Waals surface area contributed by atoms with E-state index < -0.39 is 6.04 Å². The summed E-state index contributed by atoms with van der Waals surface area (Å²) in [6.07, 6.45) is 0.735. The monoisotopic (exact) mass is 452 g/mol. The third-order valence-corrected chi connectivity index (χ3v) is 6.34. The first-order valence-corrected chi connectivity index (χ1v) is 11.1. The summed E-state index contributed by atoms with van der Waals surface area (Å²) in [6.45, 7) is 4.41. The second kappa shape index (κ2) is 8.96. The number of hydrogen-bond acceptors (Lipinski definition) is 6. The molecule has 0 spiro atoms. The lowest BCUT2D eigenvalue weighted by Crippen LogP contribution is -2.38. The molecule has 0 N–H and O–H groups in total. The Labute approximate surface area is 190 Å². The first-order valence-electron chi connectivity index (χ1n) is 11.1. The number of amides is 1. The first-order chi connectivity index (χ1) is 16.1. The largest absolute Gasteiger partial charge is 0.497 e. The lowest BCUT2D eigenvalue weighted by Gasteiger charge is -2.29. The van der Waals surface area contributed by atoms with Gasteiger partial charge in [0.05, 0.1) is 37.3 Å². The van der Waals surface area contributed by atoms with Gasteiger partial charge in [-0.3, -0.25) is 14.5 Å². The predicted octanol–water partition coefficient (Wildman–Crippen LogP) is 3.21. The summed E-state index contributed by atoms with van der Waals surface area (Å²) in [5, 5.41) is 0.379. The van der Waals surface area contributed by atoms with Gasteiger partial charge in [0.25, 0.3) is 5.91 Å². The Morgan fingerprint density at radius 1 is 1.06 bits per heavy atom. The van der Waals surface area contributed by atoms with Crippen LogP contribution in [0.3, 0.4) is 0 Å². The molecule has 1 amide bonds. The van der Waals surface area contributed by atoms with Crippen molar-refractivity contribution in [1.82, 2.24) is 9.80 Å². The fraction of sp³-hybridized carbons (Fsp3) is 0.360. The maximum absolute atomic E-state index is 13.6. The molecule has 2 aromatic carbocycles. The van der Waals surface area contributed by atoms with E-state index >= 15 is 0 Å². The van der Waals surface area contributed by atoms with Crippen molar-refractivity contribution in [3.63, 3.8) is 0 Å². The summed E-state index contributed by atoms with van der Waals surface area (Å²) in [4.78, 5) is 30.9. The zero-order valence-corrected chi connectivity index (χ0v) is 18.4. The second-order valence-corrected chi connectivity index (χ2v) is 8.30. The van der Waals surface area contributed by atoms with Gasteiger partial charge in [-0.25, -0.2) is 4.39 Å². The summed E-state index contributed by atoms with van der Waals surface area (Å²) in [5.74, 6) is -0.127. The van der Waals surface area contributed by atoms with Crippen molar-refractivity contribution in [2.75, 3.05) is 46.5 Å². The number of halogens is 1. The van der Waals surface area contributed by atoms with Crippen LogP contribution in [0.25, 0.3) is 11.0 Å². The molecular formula is C25H25FN2O5. The molecule has 7 nitrogen and oxygen atoms in total. The molecule has 0 bridgehead atoms. The van der Waals surface area contributed by atoms with Crippen molar-refractivity contribution in [2.24, 2.45) is 0 Å². The van der Waals surface area contributed by atoms with E-state index in [1.807, 2.05) is 0 Å². The highest BCUT2D eigenvalue weighted by Gasteiger charge is 2.42. The summed E-state index contributed by atoms with van der Waals surface area (Å²) in [7, 11) is 1.53. The molecule has 172 valence electrons. The Morgan fingerprint density at radius 3 is 2.55 bits per heavy atom. The molecule has 1 fully saturated rings. The summed E-state index contributed by atoms with van der Waals surface area (Å²) < 4.78 is 30.2. The van der Waals surface area contributed by atoms with Crippen molar-refractivity contribution < 1.29 is 23.1 Å². The standard InChI is InChI=1S/C25H25FN2O5/c1-31-18-7-8-19-20(15-18)33-24-21(23(19)29)22(16-3-5-17(26)6-4-16)28(25(24)30)10-2-9-27-11-13-32-14-12-27/h3-8,15,22H,2,9-14H2,1H3. The number of fused-ring (bicyclic) bond motifs is 2.